The van der Waals surface area contributed by atoms with E-state index < -0.39 is 0 Å². The molecule has 0 amide bonds. The molecule has 0 saturated heterocycles. The number of nitrogens with zero attached hydrogens (tertiary/aromatic N) is 2. The van der Waals surface area contributed by atoms with E-state index in [1.165, 1.54) is 16.8 Å². The summed E-state index contributed by atoms with van der Waals surface area (Å²) in [5.74, 6) is 0.980. The molecule has 0 saturated carbocycles. The van der Waals surface area contributed by atoms with Crippen molar-refractivity contribution < 1.29 is 0 Å². The molecule has 0 aliphatic carbocycles. The van der Waals surface area contributed by atoms with Crippen LogP contribution in [-0.4, -0.2) is 18.1 Å². The third-order valence-electron chi connectivity index (χ3n) is 3.15. The minimum absolute atomic E-state index is 0.663. The van der Waals surface area contributed by atoms with E-state index >= 15 is 0 Å². The van der Waals surface area contributed by atoms with E-state index in [0.717, 1.165) is 18.8 Å². The number of hydrogen-bond donors (Lipinski definition) is 1. The summed E-state index contributed by atoms with van der Waals surface area (Å²) in [5.41, 5.74) is 9.18. The molecule has 2 aromatic rings. The van der Waals surface area contributed by atoms with Crippen molar-refractivity contribution in [3.63, 3.8) is 0 Å². The van der Waals surface area contributed by atoms with Gasteiger partial charge in [0.15, 0.2) is 0 Å². The summed E-state index contributed by atoms with van der Waals surface area (Å²) >= 11 is 0. The zero-order chi connectivity index (χ0) is 13.7. The number of nitrogens with two attached hydrogens (primary N) is 1. The third-order valence-corrected chi connectivity index (χ3v) is 3.15. The maximum absolute atomic E-state index is 5.55. The molecule has 0 unspecified atom stereocenters. The van der Waals surface area contributed by atoms with Crippen molar-refractivity contribution in [3.8, 4) is 0 Å². The lowest BCUT2D eigenvalue weighted by Gasteiger charge is -2.22. The minimum Gasteiger partial charge on any atom is -0.330 e. The number of aryl methyl sites for hydroxylation is 1. The summed E-state index contributed by atoms with van der Waals surface area (Å²) in [7, 11) is 0. The first-order chi connectivity index (χ1) is 9.24. The van der Waals surface area contributed by atoms with Gasteiger partial charge in [0.25, 0.3) is 0 Å². The van der Waals surface area contributed by atoms with Gasteiger partial charge in [-0.1, -0.05) is 18.2 Å². The van der Waals surface area contributed by atoms with E-state index in [4.69, 9.17) is 5.73 Å². The topological polar surface area (TPSA) is 42.1 Å². The molecular formula is C16H21N3. The van der Waals surface area contributed by atoms with Crippen molar-refractivity contribution in [2.45, 2.75) is 20.3 Å². The average Bonchev–Trinajstić information content (AvgIpc) is 2.42. The Morgan fingerprint density at radius 2 is 2.05 bits per heavy atom. The molecular weight excluding hydrogens is 234 g/mol. The lowest BCUT2D eigenvalue weighted by molar-refractivity contribution is 0.943. The van der Waals surface area contributed by atoms with Crippen LogP contribution in [0, 0.1) is 6.92 Å². The largest absolute Gasteiger partial charge is 0.330 e. The fraction of sp³-hybridized carbons (Fsp3) is 0.312. The molecule has 0 aliphatic heterocycles. The summed E-state index contributed by atoms with van der Waals surface area (Å²) in [6.07, 6.45) is 2.80. The van der Waals surface area contributed by atoms with Gasteiger partial charge in [-0.2, -0.15) is 0 Å². The standard InChI is InChI=1S/C16H21N3/c1-3-19(15-6-4-5-13(2)11-15)16-8-7-14(9-10-17)12-18-16/h4-8,11-12H,3,9-10,17H2,1-2H3. The van der Waals surface area contributed by atoms with Crippen LogP contribution in [0.2, 0.25) is 0 Å². The SMILES string of the molecule is CCN(c1cccc(C)c1)c1ccc(CCN)cn1. The van der Waals surface area contributed by atoms with Gasteiger partial charge in [-0.05, 0) is 56.1 Å². The van der Waals surface area contributed by atoms with Gasteiger partial charge in [-0.15, -0.1) is 0 Å². The molecule has 0 atom stereocenters. The summed E-state index contributed by atoms with van der Waals surface area (Å²) in [6, 6.07) is 12.7. The van der Waals surface area contributed by atoms with Crippen molar-refractivity contribution in [2.75, 3.05) is 18.0 Å². The molecule has 100 valence electrons. The second-order valence-electron chi connectivity index (χ2n) is 4.65. The lowest BCUT2D eigenvalue weighted by Crippen LogP contribution is -2.17. The minimum atomic E-state index is 0.663. The Bertz CT molecular complexity index is 520. The average molecular weight is 255 g/mol. The van der Waals surface area contributed by atoms with E-state index in [0.29, 0.717) is 6.54 Å². The van der Waals surface area contributed by atoms with Crippen molar-refractivity contribution in [2.24, 2.45) is 5.73 Å². The highest BCUT2D eigenvalue weighted by Gasteiger charge is 2.08. The molecule has 0 aliphatic rings. The normalized spacial score (nSPS) is 10.5. The Morgan fingerprint density at radius 3 is 2.63 bits per heavy atom. The highest BCUT2D eigenvalue weighted by molar-refractivity contribution is 5.60. The first-order valence-corrected chi connectivity index (χ1v) is 6.73. The Kier molecular flexibility index (Phi) is 4.53. The Balaban J connectivity index is 2.26. The van der Waals surface area contributed by atoms with Crippen LogP contribution in [-0.2, 0) is 6.42 Å². The van der Waals surface area contributed by atoms with Gasteiger partial charge in [0.2, 0.25) is 0 Å². The third kappa shape index (κ3) is 3.32. The summed E-state index contributed by atoms with van der Waals surface area (Å²) in [4.78, 5) is 6.75. The van der Waals surface area contributed by atoms with E-state index in [2.05, 4.69) is 60.1 Å². The molecule has 2 rings (SSSR count). The van der Waals surface area contributed by atoms with Gasteiger partial charge in [0.1, 0.15) is 5.82 Å². The van der Waals surface area contributed by atoms with Crippen molar-refractivity contribution >= 4 is 11.5 Å². The fourth-order valence-electron chi connectivity index (χ4n) is 2.16. The van der Waals surface area contributed by atoms with Crippen molar-refractivity contribution in [3.05, 3.63) is 53.7 Å². The van der Waals surface area contributed by atoms with Gasteiger partial charge in [0, 0.05) is 18.4 Å². The maximum Gasteiger partial charge on any atom is 0.132 e. The van der Waals surface area contributed by atoms with Crippen LogP contribution in [0.4, 0.5) is 11.5 Å². The first kappa shape index (κ1) is 13.6. The molecule has 1 heterocycles. The van der Waals surface area contributed by atoms with Gasteiger partial charge < -0.3 is 10.6 Å². The fourth-order valence-corrected chi connectivity index (χ4v) is 2.16. The van der Waals surface area contributed by atoms with Crippen molar-refractivity contribution in [1.82, 2.24) is 4.98 Å². The monoisotopic (exact) mass is 255 g/mol. The van der Waals surface area contributed by atoms with Crippen LogP contribution in [0.25, 0.3) is 0 Å². The second-order valence-corrected chi connectivity index (χ2v) is 4.65. The molecule has 2 N–H and O–H groups in total. The molecule has 0 spiro atoms. The van der Waals surface area contributed by atoms with E-state index in [1.54, 1.807) is 0 Å². The maximum atomic E-state index is 5.55. The molecule has 19 heavy (non-hydrogen) atoms. The number of pyridine rings is 1. The molecule has 1 aromatic carbocycles. The second kappa shape index (κ2) is 6.34. The van der Waals surface area contributed by atoms with Crippen LogP contribution in [0.3, 0.4) is 0 Å². The smallest absolute Gasteiger partial charge is 0.132 e. The highest BCUT2D eigenvalue weighted by Crippen LogP contribution is 2.24. The van der Waals surface area contributed by atoms with Crippen LogP contribution >= 0.6 is 0 Å². The van der Waals surface area contributed by atoms with Gasteiger partial charge in [-0.25, -0.2) is 4.98 Å². The molecule has 3 heteroatoms. The van der Waals surface area contributed by atoms with Crippen LogP contribution in [0.1, 0.15) is 18.1 Å². The predicted octanol–water partition coefficient (Wildman–Crippen LogP) is 3.05. The van der Waals surface area contributed by atoms with Crippen LogP contribution in [0.5, 0.6) is 0 Å². The van der Waals surface area contributed by atoms with Crippen molar-refractivity contribution in [1.29, 1.82) is 0 Å². The van der Waals surface area contributed by atoms with E-state index in [-0.39, 0.29) is 0 Å². The Morgan fingerprint density at radius 1 is 1.21 bits per heavy atom. The number of rotatable bonds is 5. The summed E-state index contributed by atoms with van der Waals surface area (Å²) in [5, 5.41) is 0. The quantitative estimate of drug-likeness (QED) is 0.893. The highest BCUT2D eigenvalue weighted by atomic mass is 15.2. The molecule has 0 fully saturated rings. The summed E-state index contributed by atoms with van der Waals surface area (Å²) < 4.78 is 0. The number of benzene rings is 1. The molecule has 3 nitrogen and oxygen atoms in total. The molecule has 0 bridgehead atoms. The number of aromatic nitrogens is 1. The van der Waals surface area contributed by atoms with Gasteiger partial charge >= 0.3 is 0 Å². The first-order valence-electron chi connectivity index (χ1n) is 6.73. The van der Waals surface area contributed by atoms with E-state index in [9.17, 15) is 0 Å². The van der Waals surface area contributed by atoms with Crippen LogP contribution in [0.15, 0.2) is 42.6 Å². The lowest BCUT2D eigenvalue weighted by atomic mass is 10.2. The zero-order valence-electron chi connectivity index (χ0n) is 11.6. The Hall–Kier alpha value is -1.87. The van der Waals surface area contributed by atoms with Gasteiger partial charge in [0.05, 0.1) is 0 Å². The molecule has 1 aromatic heterocycles. The predicted molar refractivity (Wildman–Crippen MR) is 80.9 cm³/mol. The summed E-state index contributed by atoms with van der Waals surface area (Å²) in [6.45, 7) is 5.80. The zero-order valence-corrected chi connectivity index (χ0v) is 11.6. The number of hydrogen-bond acceptors (Lipinski definition) is 3. The van der Waals surface area contributed by atoms with Crippen LogP contribution < -0.4 is 10.6 Å². The number of anilines is 2. The van der Waals surface area contributed by atoms with E-state index in [1.807, 2.05) is 6.20 Å². The van der Waals surface area contributed by atoms with Gasteiger partial charge in [-0.3, -0.25) is 0 Å². The molecule has 0 radical (unpaired) electrons. The Labute approximate surface area is 115 Å².